The Balaban J connectivity index is 0.000000131. The second kappa shape index (κ2) is 40.1. The number of aliphatic hydroxyl groups excluding tert-OH is 1. The first-order valence-corrected chi connectivity index (χ1v) is 50.0. The Morgan fingerprint density at radius 2 is 0.684 bits per heavy atom. The molecule has 18 aromatic rings. The molecule has 35 nitrogen and oxygen atoms in total. The van der Waals surface area contributed by atoms with Crippen molar-refractivity contribution in [2.75, 3.05) is 53.9 Å². The van der Waals surface area contributed by atoms with Crippen LogP contribution < -0.4 is 78.7 Å². The van der Waals surface area contributed by atoms with Crippen LogP contribution in [0.15, 0.2) is 223 Å². The molecule has 44 heteroatoms. The van der Waals surface area contributed by atoms with Crippen molar-refractivity contribution in [2.24, 2.45) is 39.5 Å². The normalized spacial score (nSPS) is 11.9. The largest absolute Gasteiger partial charge is 0.508 e. The molecular weight excluding hydrogens is 1910 g/mol. The average molecular weight is 1990 g/mol. The van der Waals surface area contributed by atoms with Gasteiger partial charge in [0.05, 0.1) is 95.6 Å². The summed E-state index contributed by atoms with van der Waals surface area (Å²) in [5.41, 5.74) is 77.5. The number of hydrogen-bond donors (Lipinski definition) is 15. The molecule has 6 amide bonds. The third kappa shape index (κ3) is 21.5. The van der Waals surface area contributed by atoms with E-state index in [0.29, 0.717) is 105 Å². The van der Waals surface area contributed by atoms with Crippen molar-refractivity contribution in [1.29, 1.82) is 5.26 Å². The summed E-state index contributed by atoms with van der Waals surface area (Å²) in [6.45, 7) is 0.229. The van der Waals surface area contributed by atoms with Gasteiger partial charge in [0, 0.05) is 111 Å². The highest BCUT2D eigenvalue weighted by atomic mass is 32.2. The summed E-state index contributed by atoms with van der Waals surface area (Å²) in [7, 11) is -10.1. The Morgan fingerprint density at radius 3 is 0.993 bits per heavy atom. The van der Waals surface area contributed by atoms with Crippen molar-refractivity contribution in [1.82, 2.24) is 29.9 Å². The molecule has 690 valence electrons. The van der Waals surface area contributed by atoms with Crippen LogP contribution in [0.3, 0.4) is 0 Å². The number of pyridine rings is 6. The van der Waals surface area contributed by atoms with Crippen LogP contribution >= 0.6 is 68.0 Å². The number of anilines is 6. The maximum atomic E-state index is 11.8. The fourth-order valence-electron chi connectivity index (χ4n) is 14.0. The fourth-order valence-corrected chi connectivity index (χ4v) is 23.9. The van der Waals surface area contributed by atoms with E-state index in [-0.39, 0.29) is 51.6 Å². The molecule has 19 rings (SSSR count). The van der Waals surface area contributed by atoms with Crippen molar-refractivity contribution in [3.63, 3.8) is 0 Å². The molecule has 0 spiro atoms. The topological polar surface area (TPSA) is 694 Å². The number of nitrogen functional groups attached to an aromatic ring is 6. The summed E-state index contributed by atoms with van der Waals surface area (Å²) >= 11 is 8.33. The summed E-state index contributed by atoms with van der Waals surface area (Å²) in [5, 5.41) is 36.0. The fraction of sp³-hybridized carbons (Fsp3) is 0.0761. The summed E-state index contributed by atoms with van der Waals surface area (Å²) in [6.07, 6.45) is 10.7. The van der Waals surface area contributed by atoms with E-state index >= 15 is 0 Å². The molecule has 13 heterocycles. The molecule has 0 aliphatic carbocycles. The number of rotatable bonds is 19. The number of amides is 6. The molecule has 136 heavy (non-hydrogen) atoms. The quantitative estimate of drug-likeness (QED) is 0.0357. The van der Waals surface area contributed by atoms with Crippen molar-refractivity contribution < 1.29 is 69.0 Å². The minimum absolute atomic E-state index is 0.00803. The predicted octanol–water partition coefficient (Wildman–Crippen LogP) is 12.9. The molecule has 12 aromatic heterocycles. The summed E-state index contributed by atoms with van der Waals surface area (Å²) < 4.78 is 79.4. The van der Waals surface area contributed by atoms with Gasteiger partial charge in [0.15, 0.2) is 19.7 Å². The lowest BCUT2D eigenvalue weighted by molar-refractivity contribution is 0.0993. The van der Waals surface area contributed by atoms with E-state index < -0.39 is 65.1 Å². The molecule has 6 aromatic carbocycles. The van der Waals surface area contributed by atoms with Crippen LogP contribution in [0.4, 0.5) is 34.9 Å². The number of nitriles is 1. The zero-order valence-corrected chi connectivity index (χ0v) is 78.3. The number of phenols is 1. The summed E-state index contributed by atoms with van der Waals surface area (Å²) in [4.78, 5) is 98.6. The number of ether oxygens (including phenoxy) is 1. The number of primary sulfonamides is 1. The summed E-state index contributed by atoms with van der Waals surface area (Å²) in [6, 6.07) is 54.0. The molecule has 0 unspecified atom stereocenters. The highest BCUT2D eigenvalue weighted by Gasteiger charge is 2.27. The molecular formula is C92H78N20O15S9. The number of thiophene rings is 6. The number of nitrogens with two attached hydrogens (primary N) is 13. The van der Waals surface area contributed by atoms with Gasteiger partial charge in [-0.1, -0.05) is 60.7 Å². The SMILES string of the molecule is CS(=O)(=O)c1cccc(-c2cc3c(N)ncc(C(N)=O)c3s2)c1.N#CCCc1ccc(-c2cc3c(N)ncc(C(N)=O)c3s2)cc1.NC(=O)c1cnc(N)c2cc(-c3ccc(O)cc3)sc12.NC(=O)c1cnc(N)c2cc(-c3ccc(OCCO)cc3)sc12.NC(=O)c1cnc(N)c2cc(-c3ccc4c(c3)CS(=O)(=O)C4)sc12.NC(=O)c1cnc(N)c2cc(-c3cccc(S(N)(=O)=O)c3)sc12. The standard InChI is InChI=1S/C17H14N4OS.C16H13N3O3S2.C16H15N3O3S.C15H13N3O3S2.C14H12N4O3S2.C14H11N3O2S/c18-7-1-2-10-3-5-11(6-4-10)14-8-12-15(23-14)13(17(20)22)9-21-16(12)19;17-15-11-4-13(23-14(11)12(5-19-15)16(18)20)8-1-2-9-6-24(21,22)7-10(9)3-8;17-15-11-7-13(23-14(11)12(8-19-15)16(18)21)9-1-3-10(4-2-9)22-6-5-20;1-23(20,21)9-4-2-3-8(5-9)12-6-10-13(22-12)11(15(17)19)7-18-14(10)16;15-13-9-5-11(22-12(9)10(6-18-13)14(16)19)7-2-1-3-8(4-7)23(17,20)21;15-13-9-5-11(7-1-3-8(18)4-2-7)20-12(9)10(6-17-13)14(16)19/h3-6,8-9H,1-2H2,(H2,19,21)(H2,20,22);1-5H,6-7H2,(H2,17,19)(H2,18,20);1-4,7-8,20H,5-6H2,(H2,17,19)(H2,18,21);2-7H,1H3,(H2,16,18)(H2,17,19);1-6H,(H2,15,18)(H2,16,19)(H2,17,20,21);1-6,18H,(H2,15,17)(H2,16,19). The lowest BCUT2D eigenvalue weighted by atomic mass is 10.1. The number of aliphatic hydroxyl groups is 1. The van der Waals surface area contributed by atoms with Crippen molar-refractivity contribution in [2.45, 2.75) is 34.1 Å². The van der Waals surface area contributed by atoms with Crippen LogP contribution in [0.25, 0.3) is 123 Å². The van der Waals surface area contributed by atoms with Crippen LogP contribution in [-0.4, -0.2) is 120 Å². The first-order valence-electron chi connectivity index (χ1n) is 39.9. The number of benzene rings is 6. The molecule has 0 bridgehead atoms. The number of carbonyl (C=O) groups is 6. The van der Waals surface area contributed by atoms with E-state index in [1.807, 2.05) is 91.0 Å². The van der Waals surface area contributed by atoms with Crippen LogP contribution in [0.2, 0.25) is 0 Å². The maximum absolute atomic E-state index is 11.8. The van der Waals surface area contributed by atoms with E-state index in [1.54, 1.807) is 66.7 Å². The first kappa shape index (κ1) is 96.5. The van der Waals surface area contributed by atoms with Gasteiger partial charge in [-0.15, -0.1) is 68.0 Å². The lowest BCUT2D eigenvalue weighted by Gasteiger charge is -2.04. The van der Waals surface area contributed by atoms with Crippen LogP contribution in [0.5, 0.6) is 11.5 Å². The number of primary amides is 6. The number of phenolic OH excluding ortho intramolecular Hbond substituents is 1. The number of carbonyl (C=O) groups excluding carboxylic acids is 6. The highest BCUT2D eigenvalue weighted by molar-refractivity contribution is 7.91. The van der Waals surface area contributed by atoms with Crippen LogP contribution in [0, 0.1) is 11.3 Å². The molecule has 28 N–H and O–H groups in total. The number of nitrogens with zero attached hydrogens (tertiary/aromatic N) is 7. The van der Waals surface area contributed by atoms with Gasteiger partial charge >= 0.3 is 0 Å². The average Bonchev–Trinajstić information content (AvgIpc) is 1.63. The molecule has 0 atom stereocenters. The number of fused-ring (bicyclic) bond motifs is 7. The maximum Gasteiger partial charge on any atom is 0.251 e. The van der Waals surface area contributed by atoms with Gasteiger partial charge in [-0.3, -0.25) is 28.8 Å². The van der Waals surface area contributed by atoms with E-state index in [1.165, 1.54) is 123 Å². The number of aromatic nitrogens is 6. The van der Waals surface area contributed by atoms with Gasteiger partial charge in [-0.2, -0.15) is 5.26 Å². The minimum atomic E-state index is -3.80. The van der Waals surface area contributed by atoms with Gasteiger partial charge in [-0.05, 0) is 172 Å². The van der Waals surface area contributed by atoms with Crippen molar-refractivity contribution in [3.8, 4) is 80.2 Å². The van der Waals surface area contributed by atoms with Crippen LogP contribution in [-0.2, 0) is 47.6 Å². The van der Waals surface area contributed by atoms with Gasteiger partial charge in [0.2, 0.25) is 10.0 Å². The predicted molar refractivity (Wildman–Crippen MR) is 537 cm³/mol. The number of aryl methyl sites for hydroxylation is 1. The monoisotopic (exact) mass is 1990 g/mol. The van der Waals surface area contributed by atoms with Gasteiger partial charge in [0.25, 0.3) is 35.4 Å². The smallest absolute Gasteiger partial charge is 0.251 e. The second-order valence-corrected chi connectivity index (χ2v) is 42.0. The molecule has 0 fully saturated rings. The van der Waals surface area contributed by atoms with E-state index in [2.05, 4.69) is 36.0 Å². The number of hydrogen-bond acceptors (Lipinski definition) is 34. The highest BCUT2D eigenvalue weighted by Crippen LogP contribution is 2.45. The number of sulfone groups is 2. The van der Waals surface area contributed by atoms with Crippen molar-refractivity contribution >= 4 is 229 Å². The Hall–Kier alpha value is -15.5. The Morgan fingerprint density at radius 1 is 0.397 bits per heavy atom. The number of sulfonamides is 1. The zero-order chi connectivity index (χ0) is 97.7. The van der Waals surface area contributed by atoms with E-state index in [4.69, 9.17) is 89.0 Å². The van der Waals surface area contributed by atoms with Gasteiger partial charge in [-0.25, -0.2) is 60.3 Å². The van der Waals surface area contributed by atoms with Crippen LogP contribution in [0.1, 0.15) is 85.3 Å². The zero-order valence-electron chi connectivity index (χ0n) is 71.0. The first-order chi connectivity index (χ1) is 64.6. The molecule has 1 aliphatic heterocycles. The van der Waals surface area contributed by atoms with E-state index in [9.17, 15) is 59.1 Å². The third-order valence-electron chi connectivity index (χ3n) is 20.8. The summed E-state index contributed by atoms with van der Waals surface area (Å²) in [5.74, 6) is -0.224. The Kier molecular flexibility index (Phi) is 28.5. The van der Waals surface area contributed by atoms with Gasteiger partial charge in [0.1, 0.15) is 53.0 Å². The lowest BCUT2D eigenvalue weighted by Crippen LogP contribution is -2.11. The van der Waals surface area contributed by atoms with Crippen molar-refractivity contribution in [3.05, 3.63) is 263 Å². The van der Waals surface area contributed by atoms with Gasteiger partial charge < -0.3 is 83.8 Å². The Bertz CT molecular complexity index is 8090. The molecule has 1 aliphatic rings. The molecule has 0 radical (unpaired) electrons. The third-order valence-corrected chi connectivity index (χ3v) is 31.6. The molecule has 0 saturated carbocycles. The van der Waals surface area contributed by atoms with E-state index in [0.717, 1.165) is 117 Å². The molecule has 0 saturated heterocycles. The Labute approximate surface area is 797 Å². The number of aromatic hydroxyl groups is 1. The minimum Gasteiger partial charge on any atom is -0.508 e. The second-order valence-electron chi connectivity index (χ2n) is 30.0.